The number of amides is 1. The zero-order chi connectivity index (χ0) is 29.4. The van der Waals surface area contributed by atoms with E-state index in [-0.39, 0.29) is 5.56 Å². The zero-order valence-electron chi connectivity index (χ0n) is 17.5. The molecule has 1 amide bonds. The molecule has 20 heteroatoms. The molecule has 0 aliphatic rings. The van der Waals surface area contributed by atoms with E-state index >= 15 is 0 Å². The van der Waals surface area contributed by atoms with Crippen LogP contribution in [0.2, 0.25) is 0 Å². The molecule has 0 spiro atoms. The maximum atomic E-state index is 13.8. The number of Topliss-reactive ketones (excluding diaryl/α,β-unsaturated/α-hetero) is 1. The van der Waals surface area contributed by atoms with E-state index in [0.717, 1.165) is 24.3 Å². The number of nitrogens with zero attached hydrogens (tertiary/aromatic N) is 2. The van der Waals surface area contributed by atoms with E-state index in [9.17, 15) is 76.8 Å². The summed E-state index contributed by atoms with van der Waals surface area (Å²) < 4.78 is 170. The topological polar surface area (TPSA) is 102 Å². The van der Waals surface area contributed by atoms with Crippen LogP contribution >= 0.6 is 0 Å². The third kappa shape index (κ3) is 5.45. The lowest BCUT2D eigenvalue weighted by molar-refractivity contribution is -0.436. The Bertz CT molecular complexity index is 1080. The summed E-state index contributed by atoms with van der Waals surface area (Å²) in [6.45, 7) is 0.535. The van der Waals surface area contributed by atoms with Crippen molar-refractivity contribution in [3.05, 3.63) is 39.9 Å². The Morgan fingerprint density at radius 1 is 0.811 bits per heavy atom. The Morgan fingerprint density at radius 2 is 1.24 bits per heavy atom. The fraction of sp³-hybridized carbons (Fsp3) is 0.471. The summed E-state index contributed by atoms with van der Waals surface area (Å²) in [5.41, 5.74) is -0.376. The van der Waals surface area contributed by atoms with Crippen molar-refractivity contribution in [3.63, 3.8) is 0 Å². The number of nitrogens with one attached hydrogen (secondary N) is 1. The molecule has 1 aromatic carbocycles. The fourth-order valence-electron chi connectivity index (χ4n) is 2.27. The maximum absolute atomic E-state index is 13.8. The van der Waals surface area contributed by atoms with Crippen molar-refractivity contribution in [1.29, 1.82) is 0 Å². The quantitative estimate of drug-likeness (QED) is 0.177. The summed E-state index contributed by atoms with van der Waals surface area (Å²) in [5, 5.41) is 13.5. The number of nitro groups is 1. The van der Waals surface area contributed by atoms with Gasteiger partial charge in [-0.1, -0.05) is 0 Å². The number of hydrogen-bond donors (Lipinski definition) is 1. The first-order valence-corrected chi connectivity index (χ1v) is 8.93. The van der Waals surface area contributed by atoms with E-state index in [4.69, 9.17) is 0 Å². The molecule has 0 bridgehead atoms. The van der Waals surface area contributed by atoms with Crippen LogP contribution in [0.5, 0.6) is 0 Å². The minimum atomic E-state index is -8.15. The van der Waals surface area contributed by atoms with Crippen molar-refractivity contribution < 1.29 is 71.6 Å². The van der Waals surface area contributed by atoms with Gasteiger partial charge in [0, 0.05) is 23.4 Å². The van der Waals surface area contributed by atoms with Crippen molar-refractivity contribution >= 4 is 23.1 Å². The second-order valence-corrected chi connectivity index (χ2v) is 7.06. The molecule has 0 aliphatic heterocycles. The van der Waals surface area contributed by atoms with E-state index in [1.807, 2.05) is 0 Å². The number of hydrogen-bond acceptors (Lipinski definition) is 5. The number of hydrazone groups is 1. The number of carbonyl (C=O) groups excluding carboxylic acids is 2. The second kappa shape index (κ2) is 9.77. The molecule has 208 valence electrons. The van der Waals surface area contributed by atoms with Gasteiger partial charge in [-0.3, -0.25) is 19.7 Å². The Labute approximate surface area is 195 Å². The lowest BCUT2D eigenvalue weighted by atomic mass is 9.91. The van der Waals surface area contributed by atoms with Gasteiger partial charge in [0.05, 0.1) is 11.3 Å². The van der Waals surface area contributed by atoms with Gasteiger partial charge in [-0.05, 0) is 19.1 Å². The van der Waals surface area contributed by atoms with Crippen molar-refractivity contribution in [2.45, 2.75) is 49.1 Å². The van der Waals surface area contributed by atoms with Crippen LogP contribution in [-0.4, -0.2) is 58.1 Å². The van der Waals surface area contributed by atoms with Gasteiger partial charge in [-0.25, -0.2) is 5.43 Å². The Kier molecular flexibility index (Phi) is 8.33. The van der Waals surface area contributed by atoms with E-state index in [1.54, 1.807) is 0 Å². The van der Waals surface area contributed by atoms with Crippen LogP contribution in [0.4, 0.5) is 62.8 Å². The van der Waals surface area contributed by atoms with Crippen molar-refractivity contribution in [2.75, 3.05) is 0 Å². The standard InChI is InChI=1S/C17H10F13N3O4/c1-7(31-32-11(35)8-2-4-9(5-3-8)33(36)37)6-10(34)12(18,19)13(20,21)14(22,23)15(24,25)16(26,27)17(28,29)30/h2-5H,6H2,1H3,(H,32,35)/b31-7+. The molecule has 7 nitrogen and oxygen atoms in total. The molecule has 0 aliphatic carbocycles. The highest BCUT2D eigenvalue weighted by atomic mass is 19.4. The van der Waals surface area contributed by atoms with Gasteiger partial charge in [0.2, 0.25) is 5.78 Å². The van der Waals surface area contributed by atoms with Crippen molar-refractivity contribution in [2.24, 2.45) is 5.10 Å². The molecule has 0 radical (unpaired) electrons. The average Bonchev–Trinajstić information content (AvgIpc) is 2.76. The predicted octanol–water partition coefficient (Wildman–Crippen LogP) is 5.40. The molecule has 0 saturated carbocycles. The highest BCUT2D eigenvalue weighted by Gasteiger charge is 2.91. The summed E-state index contributed by atoms with van der Waals surface area (Å²) in [4.78, 5) is 33.0. The summed E-state index contributed by atoms with van der Waals surface area (Å²) in [5.74, 6) is -43.5. The molecule has 0 fully saturated rings. The van der Waals surface area contributed by atoms with Gasteiger partial charge in [-0.15, -0.1) is 0 Å². The van der Waals surface area contributed by atoms with Crippen LogP contribution in [0.1, 0.15) is 23.7 Å². The van der Waals surface area contributed by atoms with Gasteiger partial charge >= 0.3 is 35.8 Å². The lowest BCUT2D eigenvalue weighted by Gasteiger charge is -2.39. The number of alkyl halides is 13. The number of nitro benzene ring substituents is 1. The minimum absolute atomic E-state index is 0.363. The predicted molar refractivity (Wildman–Crippen MR) is 94.1 cm³/mol. The van der Waals surface area contributed by atoms with E-state index in [0.29, 0.717) is 6.92 Å². The fourth-order valence-corrected chi connectivity index (χ4v) is 2.27. The third-order valence-corrected chi connectivity index (χ3v) is 4.39. The average molecular weight is 567 g/mol. The highest BCUT2D eigenvalue weighted by molar-refractivity contribution is 6.05. The molecular weight excluding hydrogens is 557 g/mol. The van der Waals surface area contributed by atoms with E-state index < -0.39 is 70.2 Å². The number of carbonyl (C=O) groups is 2. The van der Waals surface area contributed by atoms with Crippen LogP contribution in [0.3, 0.4) is 0 Å². The van der Waals surface area contributed by atoms with Crippen LogP contribution in [0, 0.1) is 10.1 Å². The van der Waals surface area contributed by atoms with Crippen LogP contribution < -0.4 is 5.43 Å². The number of benzene rings is 1. The first kappa shape index (κ1) is 31.5. The van der Waals surface area contributed by atoms with E-state index in [1.165, 1.54) is 5.43 Å². The molecule has 37 heavy (non-hydrogen) atoms. The molecule has 0 heterocycles. The van der Waals surface area contributed by atoms with Gasteiger partial charge in [0.15, 0.2) is 0 Å². The third-order valence-electron chi connectivity index (χ3n) is 4.39. The number of ketones is 1. The van der Waals surface area contributed by atoms with Gasteiger partial charge < -0.3 is 0 Å². The number of non-ortho nitro benzene ring substituents is 1. The number of halogens is 13. The van der Waals surface area contributed by atoms with E-state index in [2.05, 4.69) is 5.10 Å². The van der Waals surface area contributed by atoms with Crippen LogP contribution in [0.25, 0.3) is 0 Å². The summed E-state index contributed by atoms with van der Waals surface area (Å²) in [6.07, 6.45) is -9.69. The molecule has 1 rings (SSSR count). The lowest BCUT2D eigenvalue weighted by Crippen LogP contribution is -2.71. The maximum Gasteiger partial charge on any atom is 0.460 e. The van der Waals surface area contributed by atoms with Crippen LogP contribution in [0.15, 0.2) is 29.4 Å². The van der Waals surface area contributed by atoms with Crippen molar-refractivity contribution in [3.8, 4) is 0 Å². The van der Waals surface area contributed by atoms with Gasteiger partial charge in [-0.2, -0.15) is 62.2 Å². The largest absolute Gasteiger partial charge is 0.460 e. The molecule has 0 unspecified atom stereocenters. The molecular formula is C17H10F13N3O4. The highest BCUT2D eigenvalue weighted by Crippen LogP contribution is 2.60. The first-order chi connectivity index (χ1) is 16.4. The first-order valence-electron chi connectivity index (χ1n) is 8.93. The number of rotatable bonds is 10. The minimum Gasteiger partial charge on any atom is -0.292 e. The Hall–Kier alpha value is -3.48. The monoisotopic (exact) mass is 567 g/mol. The molecule has 0 saturated heterocycles. The molecule has 1 N–H and O–H groups in total. The SMILES string of the molecule is C/C(CC(=O)C(F)(F)C(F)(F)C(F)(F)C(F)(F)C(F)(F)C(F)(F)F)=N\NC(=O)c1ccc([N+](=O)[O-])cc1. The second-order valence-electron chi connectivity index (χ2n) is 7.06. The summed E-state index contributed by atoms with van der Waals surface area (Å²) >= 11 is 0. The summed E-state index contributed by atoms with van der Waals surface area (Å²) in [6, 6.07) is 3.38. The molecule has 0 aromatic heterocycles. The zero-order valence-corrected chi connectivity index (χ0v) is 17.5. The molecule has 1 aromatic rings. The Morgan fingerprint density at radius 3 is 1.65 bits per heavy atom. The van der Waals surface area contributed by atoms with Crippen LogP contribution in [-0.2, 0) is 4.79 Å². The van der Waals surface area contributed by atoms with Gasteiger partial charge in [0.1, 0.15) is 0 Å². The molecule has 0 atom stereocenters. The normalized spacial score (nSPS) is 14.4. The van der Waals surface area contributed by atoms with Crippen molar-refractivity contribution in [1.82, 2.24) is 5.43 Å². The summed E-state index contributed by atoms with van der Waals surface area (Å²) in [7, 11) is 0. The smallest absolute Gasteiger partial charge is 0.292 e. The van der Waals surface area contributed by atoms with Gasteiger partial charge in [0.25, 0.3) is 11.6 Å². The Balaban J connectivity index is 3.14.